The Bertz CT molecular complexity index is 722. The Morgan fingerprint density at radius 3 is 1.86 bits per heavy atom. The summed E-state index contributed by atoms with van der Waals surface area (Å²) in [6, 6.07) is 13.6. The van der Waals surface area contributed by atoms with Gasteiger partial charge in [0.1, 0.15) is 0 Å². The highest BCUT2D eigenvalue weighted by Gasteiger charge is 2.10. The van der Waals surface area contributed by atoms with Crippen molar-refractivity contribution in [2.75, 3.05) is 20.6 Å². The molecular weight excluding hydrogens is 256 g/mol. The van der Waals surface area contributed by atoms with Crippen LogP contribution in [0.5, 0.6) is 0 Å². The van der Waals surface area contributed by atoms with Crippen LogP contribution in [-0.2, 0) is 6.54 Å². The molecule has 0 fully saturated rings. The molecule has 2 nitrogen and oxygen atoms in total. The zero-order valence-corrected chi connectivity index (χ0v) is 13.5. The molecule has 0 amide bonds. The summed E-state index contributed by atoms with van der Waals surface area (Å²) >= 11 is 0. The van der Waals surface area contributed by atoms with Gasteiger partial charge in [0.15, 0.2) is 0 Å². The average Bonchev–Trinajstić information content (AvgIpc) is 2.71. The number of benzene rings is 2. The van der Waals surface area contributed by atoms with Crippen molar-refractivity contribution in [2.45, 2.75) is 26.8 Å². The molecule has 0 unspecified atom stereocenters. The monoisotopic (exact) mass is 280 g/mol. The van der Waals surface area contributed by atoms with Crippen LogP contribution in [0.15, 0.2) is 36.4 Å². The molecule has 3 aromatic rings. The number of hydrogen-bond donors (Lipinski definition) is 0. The maximum absolute atomic E-state index is 2.49. The standard InChI is InChI=1S/C19H24N2/c1-14-6-8-16-17-9-7-15(2)13-19(17)21(18(16)12-14)11-5-10-20(3)4/h6-9,12-13H,5,10-11H2,1-4H3. The lowest BCUT2D eigenvalue weighted by Gasteiger charge is -2.12. The zero-order valence-electron chi connectivity index (χ0n) is 13.5. The van der Waals surface area contributed by atoms with Crippen molar-refractivity contribution in [3.05, 3.63) is 47.5 Å². The summed E-state index contributed by atoms with van der Waals surface area (Å²) in [4.78, 5) is 2.25. The van der Waals surface area contributed by atoms with E-state index >= 15 is 0 Å². The molecule has 0 radical (unpaired) electrons. The molecule has 0 aliphatic carbocycles. The zero-order chi connectivity index (χ0) is 15.0. The minimum absolute atomic E-state index is 1.07. The molecule has 0 spiro atoms. The van der Waals surface area contributed by atoms with E-state index in [0.717, 1.165) is 13.1 Å². The van der Waals surface area contributed by atoms with E-state index in [1.165, 1.54) is 39.4 Å². The van der Waals surface area contributed by atoms with Crippen LogP contribution in [0, 0.1) is 13.8 Å². The fourth-order valence-corrected chi connectivity index (χ4v) is 3.10. The first kappa shape index (κ1) is 14.2. The van der Waals surface area contributed by atoms with Gasteiger partial charge in [0.25, 0.3) is 0 Å². The topological polar surface area (TPSA) is 8.17 Å². The molecule has 110 valence electrons. The Balaban J connectivity index is 2.16. The predicted octanol–water partition coefficient (Wildman–Crippen LogP) is 4.36. The van der Waals surface area contributed by atoms with Crippen LogP contribution in [0.3, 0.4) is 0 Å². The van der Waals surface area contributed by atoms with Crippen molar-refractivity contribution in [3.63, 3.8) is 0 Å². The maximum atomic E-state index is 2.49. The predicted molar refractivity (Wildman–Crippen MR) is 92.1 cm³/mol. The average molecular weight is 280 g/mol. The Labute approximate surface area is 127 Å². The van der Waals surface area contributed by atoms with E-state index in [1.54, 1.807) is 0 Å². The summed E-state index contributed by atoms with van der Waals surface area (Å²) in [5.41, 5.74) is 5.40. The Morgan fingerprint density at radius 2 is 1.38 bits per heavy atom. The van der Waals surface area contributed by atoms with Crippen LogP contribution in [0.25, 0.3) is 21.8 Å². The number of rotatable bonds is 4. The second-order valence-corrected chi connectivity index (χ2v) is 6.35. The fourth-order valence-electron chi connectivity index (χ4n) is 3.10. The molecule has 1 aromatic heterocycles. The maximum Gasteiger partial charge on any atom is 0.0494 e. The highest BCUT2D eigenvalue weighted by molar-refractivity contribution is 6.08. The van der Waals surface area contributed by atoms with E-state index in [4.69, 9.17) is 0 Å². The van der Waals surface area contributed by atoms with Crippen molar-refractivity contribution < 1.29 is 0 Å². The van der Waals surface area contributed by atoms with Gasteiger partial charge in [-0.15, -0.1) is 0 Å². The number of fused-ring (bicyclic) bond motifs is 3. The van der Waals surface area contributed by atoms with Crippen LogP contribution >= 0.6 is 0 Å². The lowest BCUT2D eigenvalue weighted by atomic mass is 10.1. The van der Waals surface area contributed by atoms with Crippen molar-refractivity contribution in [2.24, 2.45) is 0 Å². The molecule has 0 aliphatic rings. The number of aryl methyl sites for hydroxylation is 3. The van der Waals surface area contributed by atoms with Gasteiger partial charge < -0.3 is 9.47 Å². The number of hydrogen-bond acceptors (Lipinski definition) is 1. The normalized spacial score (nSPS) is 11.9. The molecule has 0 bridgehead atoms. The first-order valence-electron chi connectivity index (χ1n) is 7.70. The second-order valence-electron chi connectivity index (χ2n) is 6.35. The molecule has 0 saturated heterocycles. The van der Waals surface area contributed by atoms with Gasteiger partial charge in [-0.1, -0.05) is 24.3 Å². The van der Waals surface area contributed by atoms with Crippen LogP contribution in [0.4, 0.5) is 0 Å². The molecule has 0 atom stereocenters. The van der Waals surface area contributed by atoms with Gasteiger partial charge in [-0.05, 0) is 64.2 Å². The smallest absolute Gasteiger partial charge is 0.0494 e. The third kappa shape index (κ3) is 2.68. The third-order valence-electron chi connectivity index (χ3n) is 4.17. The van der Waals surface area contributed by atoms with Crippen LogP contribution in [-0.4, -0.2) is 30.1 Å². The molecular formula is C19H24N2. The third-order valence-corrected chi connectivity index (χ3v) is 4.17. The first-order valence-corrected chi connectivity index (χ1v) is 7.70. The van der Waals surface area contributed by atoms with Crippen LogP contribution in [0.1, 0.15) is 17.5 Å². The van der Waals surface area contributed by atoms with Gasteiger partial charge >= 0.3 is 0 Å². The van der Waals surface area contributed by atoms with Gasteiger partial charge in [-0.2, -0.15) is 0 Å². The van der Waals surface area contributed by atoms with Crippen molar-refractivity contribution >= 4 is 21.8 Å². The Hall–Kier alpha value is -1.80. The van der Waals surface area contributed by atoms with E-state index in [1.807, 2.05) is 0 Å². The summed E-state index contributed by atoms with van der Waals surface area (Å²) in [7, 11) is 4.28. The van der Waals surface area contributed by atoms with E-state index < -0.39 is 0 Å². The van der Waals surface area contributed by atoms with Crippen LogP contribution < -0.4 is 0 Å². The molecule has 21 heavy (non-hydrogen) atoms. The minimum Gasteiger partial charge on any atom is -0.340 e. The van der Waals surface area contributed by atoms with E-state index in [-0.39, 0.29) is 0 Å². The second kappa shape index (κ2) is 5.53. The van der Waals surface area contributed by atoms with Gasteiger partial charge in [0.2, 0.25) is 0 Å². The Kier molecular flexibility index (Phi) is 3.73. The summed E-state index contributed by atoms with van der Waals surface area (Å²) in [6.07, 6.45) is 1.17. The molecule has 1 heterocycles. The molecule has 0 aliphatic heterocycles. The van der Waals surface area contributed by atoms with Crippen molar-refractivity contribution in [1.29, 1.82) is 0 Å². The van der Waals surface area contributed by atoms with Gasteiger partial charge in [-0.3, -0.25) is 0 Å². The van der Waals surface area contributed by atoms with Gasteiger partial charge in [0, 0.05) is 28.4 Å². The van der Waals surface area contributed by atoms with Gasteiger partial charge in [-0.25, -0.2) is 0 Å². The summed E-state index contributed by atoms with van der Waals surface area (Å²) in [5.74, 6) is 0. The minimum atomic E-state index is 1.07. The van der Waals surface area contributed by atoms with Gasteiger partial charge in [0.05, 0.1) is 0 Å². The first-order chi connectivity index (χ1) is 10.1. The molecule has 2 aromatic carbocycles. The summed E-state index contributed by atoms with van der Waals surface area (Å²) in [5, 5.41) is 2.75. The largest absolute Gasteiger partial charge is 0.340 e. The van der Waals surface area contributed by atoms with E-state index in [2.05, 4.69) is 73.8 Å². The van der Waals surface area contributed by atoms with Crippen LogP contribution in [0.2, 0.25) is 0 Å². The van der Waals surface area contributed by atoms with E-state index in [9.17, 15) is 0 Å². The highest BCUT2D eigenvalue weighted by atomic mass is 15.1. The number of nitrogens with zero attached hydrogens (tertiary/aromatic N) is 2. The van der Waals surface area contributed by atoms with E-state index in [0.29, 0.717) is 0 Å². The SMILES string of the molecule is Cc1ccc2c3ccc(C)cc3n(CCCN(C)C)c2c1. The molecule has 0 saturated carbocycles. The molecule has 3 rings (SSSR count). The highest BCUT2D eigenvalue weighted by Crippen LogP contribution is 2.30. The molecule has 0 N–H and O–H groups in total. The quantitative estimate of drug-likeness (QED) is 0.689. The fraction of sp³-hybridized carbons (Fsp3) is 0.368. The lowest BCUT2D eigenvalue weighted by molar-refractivity contribution is 0.389. The van der Waals surface area contributed by atoms with Crippen molar-refractivity contribution in [1.82, 2.24) is 9.47 Å². The Morgan fingerprint density at radius 1 is 0.857 bits per heavy atom. The summed E-state index contributed by atoms with van der Waals surface area (Å²) in [6.45, 7) is 6.54. The molecule has 2 heteroatoms. The number of aromatic nitrogens is 1. The summed E-state index contributed by atoms with van der Waals surface area (Å²) < 4.78 is 2.49. The lowest BCUT2D eigenvalue weighted by Crippen LogP contribution is -2.15. The van der Waals surface area contributed by atoms with Crippen molar-refractivity contribution in [3.8, 4) is 0 Å².